The molecule has 3 aromatic rings. The number of nitrogens with one attached hydrogen (secondary N) is 1. The summed E-state index contributed by atoms with van der Waals surface area (Å²) in [6.45, 7) is 0.370. The number of aliphatic carboxylic acids is 2. The molecule has 17 nitrogen and oxygen atoms in total. The van der Waals surface area contributed by atoms with Crippen molar-refractivity contribution in [2.75, 3.05) is 23.4 Å². The average Bonchev–Trinajstić information content (AvgIpc) is 2.81. The number of carbonyl (C=O) groups is 3. The Balaban J connectivity index is 0.00000112. The number of carbonyl (C=O) groups excluding carboxylic acids is 1. The standard InChI is InChI=1S/C20H22N8O5.HNO3/c1-28(9-11-8-23-17-15(24-11)16(21)26-20(22)27-17)12-4-2-10(3-5-12)18(31)25-13(19(32)33)6-7-14(29)30;2-1(3)4/h2-5,8,13H,6-7,9H2,1H3,(H,25,31)(H,29,30)(H,32,33)(H4,21,22,23,26,27);(H,2,3,4). The van der Waals surface area contributed by atoms with Gasteiger partial charge in [0.1, 0.15) is 6.04 Å². The van der Waals surface area contributed by atoms with Crippen LogP contribution in [-0.4, -0.2) is 71.4 Å². The second-order valence-corrected chi connectivity index (χ2v) is 7.44. The van der Waals surface area contributed by atoms with Crippen molar-refractivity contribution in [3.05, 3.63) is 51.8 Å². The molecular weight excluding hydrogens is 494 g/mol. The number of carboxylic acids is 2. The molecule has 0 aliphatic rings. The van der Waals surface area contributed by atoms with E-state index in [-0.39, 0.29) is 30.2 Å². The van der Waals surface area contributed by atoms with Crippen LogP contribution in [0.2, 0.25) is 0 Å². The number of hydrogen-bond acceptors (Lipinski definition) is 12. The minimum atomic E-state index is -1.50. The van der Waals surface area contributed by atoms with Crippen LogP contribution in [0.25, 0.3) is 11.2 Å². The van der Waals surface area contributed by atoms with Crippen molar-refractivity contribution >= 4 is 46.5 Å². The summed E-state index contributed by atoms with van der Waals surface area (Å²) in [4.78, 5) is 61.1. The van der Waals surface area contributed by atoms with E-state index in [0.717, 1.165) is 5.69 Å². The molecule has 2 heterocycles. The van der Waals surface area contributed by atoms with Crippen LogP contribution in [0.5, 0.6) is 0 Å². The van der Waals surface area contributed by atoms with E-state index in [1.54, 1.807) is 18.3 Å². The summed E-state index contributed by atoms with van der Waals surface area (Å²) in [7, 11) is 1.82. The van der Waals surface area contributed by atoms with E-state index in [1.165, 1.54) is 12.1 Å². The number of hydrogen-bond donors (Lipinski definition) is 6. The van der Waals surface area contributed by atoms with Crippen molar-refractivity contribution < 1.29 is 34.9 Å². The lowest BCUT2D eigenvalue weighted by atomic mass is 10.1. The summed E-state index contributed by atoms with van der Waals surface area (Å²) < 4.78 is 0. The van der Waals surface area contributed by atoms with Gasteiger partial charge in [-0.1, -0.05) is 0 Å². The number of nitrogens with two attached hydrogens (primary N) is 2. The van der Waals surface area contributed by atoms with Gasteiger partial charge in [0.05, 0.1) is 18.4 Å². The topological polar surface area (TPSA) is 274 Å². The minimum absolute atomic E-state index is 0.0138. The van der Waals surface area contributed by atoms with Crippen molar-refractivity contribution in [2.45, 2.75) is 25.4 Å². The first kappa shape index (κ1) is 27.9. The van der Waals surface area contributed by atoms with E-state index in [4.69, 9.17) is 31.9 Å². The smallest absolute Gasteiger partial charge is 0.326 e. The highest BCUT2D eigenvalue weighted by atomic mass is 16.9. The number of nitrogens with zero attached hydrogens (tertiary/aromatic N) is 6. The number of amides is 1. The maximum Gasteiger partial charge on any atom is 0.326 e. The highest BCUT2D eigenvalue weighted by Crippen LogP contribution is 2.19. The lowest BCUT2D eigenvalue weighted by molar-refractivity contribution is -0.742. The monoisotopic (exact) mass is 517 g/mol. The number of fused-ring (bicyclic) bond motifs is 1. The number of nitrogen functional groups attached to an aromatic ring is 2. The first-order valence-electron chi connectivity index (χ1n) is 10.3. The van der Waals surface area contributed by atoms with Gasteiger partial charge in [-0.3, -0.25) is 9.59 Å². The third-order valence-electron chi connectivity index (χ3n) is 4.72. The van der Waals surface area contributed by atoms with Gasteiger partial charge in [-0.15, -0.1) is 10.1 Å². The van der Waals surface area contributed by atoms with Crippen molar-refractivity contribution in [1.29, 1.82) is 0 Å². The lowest BCUT2D eigenvalue weighted by Gasteiger charge is -2.19. The SMILES string of the molecule is CN(Cc1cnc2nc(N)nc(N)c2n1)c1ccc(C(=O)NC(CCC(=O)O)C(=O)O)cc1.O=[N+]([O-])O. The fourth-order valence-corrected chi connectivity index (χ4v) is 3.03. The van der Waals surface area contributed by atoms with Gasteiger partial charge in [0.25, 0.3) is 11.0 Å². The zero-order chi connectivity index (χ0) is 27.7. The molecular formula is C20H23N9O8. The molecule has 0 aliphatic heterocycles. The normalized spacial score (nSPS) is 11.1. The van der Waals surface area contributed by atoms with Crippen LogP contribution >= 0.6 is 0 Å². The summed E-state index contributed by atoms with van der Waals surface area (Å²) in [5.74, 6) is -2.91. The summed E-state index contributed by atoms with van der Waals surface area (Å²) in [5, 5.41) is 33.9. The van der Waals surface area contributed by atoms with Crippen LogP contribution in [0.4, 0.5) is 17.5 Å². The molecule has 0 fully saturated rings. The second-order valence-electron chi connectivity index (χ2n) is 7.44. The summed E-state index contributed by atoms with van der Waals surface area (Å²) >= 11 is 0. The van der Waals surface area contributed by atoms with E-state index in [2.05, 4.69) is 25.3 Å². The molecule has 0 saturated carbocycles. The molecule has 1 amide bonds. The number of carboxylic acid groups (broad SMARTS) is 2. The van der Waals surface area contributed by atoms with E-state index in [9.17, 15) is 19.5 Å². The Morgan fingerprint density at radius 2 is 1.76 bits per heavy atom. The van der Waals surface area contributed by atoms with Gasteiger partial charge >= 0.3 is 11.9 Å². The van der Waals surface area contributed by atoms with Crippen molar-refractivity contribution in [3.63, 3.8) is 0 Å². The molecule has 0 spiro atoms. The Kier molecular flexibility index (Phi) is 9.33. The van der Waals surface area contributed by atoms with E-state index >= 15 is 0 Å². The number of benzene rings is 1. The largest absolute Gasteiger partial charge is 0.481 e. The van der Waals surface area contributed by atoms with Crippen molar-refractivity contribution in [3.8, 4) is 0 Å². The summed E-state index contributed by atoms with van der Waals surface area (Å²) in [5.41, 5.74) is 13.7. The van der Waals surface area contributed by atoms with Crippen molar-refractivity contribution in [1.82, 2.24) is 25.3 Å². The second kappa shape index (κ2) is 12.4. The highest BCUT2D eigenvalue weighted by molar-refractivity contribution is 5.97. The number of aromatic nitrogens is 4. The molecule has 8 N–H and O–H groups in total. The van der Waals surface area contributed by atoms with Gasteiger partial charge in [-0.25, -0.2) is 14.8 Å². The Labute approximate surface area is 207 Å². The van der Waals surface area contributed by atoms with Crippen molar-refractivity contribution in [2.24, 2.45) is 0 Å². The molecule has 37 heavy (non-hydrogen) atoms. The van der Waals surface area contributed by atoms with E-state index in [1.807, 2.05) is 11.9 Å². The first-order valence-corrected chi connectivity index (χ1v) is 10.3. The van der Waals surface area contributed by atoms with Gasteiger partial charge in [-0.05, 0) is 30.7 Å². The molecule has 0 saturated heterocycles. The predicted molar refractivity (Wildman–Crippen MR) is 127 cm³/mol. The number of rotatable bonds is 9. The Morgan fingerprint density at radius 3 is 2.32 bits per heavy atom. The molecule has 0 radical (unpaired) electrons. The van der Waals surface area contributed by atoms with Crippen LogP contribution in [0, 0.1) is 10.1 Å². The Bertz CT molecular complexity index is 1300. The third-order valence-corrected chi connectivity index (χ3v) is 4.72. The Morgan fingerprint density at radius 1 is 1.14 bits per heavy atom. The van der Waals surface area contributed by atoms with Crippen LogP contribution in [0.15, 0.2) is 30.5 Å². The quantitative estimate of drug-likeness (QED) is 0.160. The van der Waals surface area contributed by atoms with Gasteiger partial charge in [0, 0.05) is 24.7 Å². The predicted octanol–water partition coefficient (Wildman–Crippen LogP) is -0.0793. The van der Waals surface area contributed by atoms with Crippen LogP contribution in [0.3, 0.4) is 0 Å². The van der Waals surface area contributed by atoms with Crippen LogP contribution < -0.4 is 21.7 Å². The molecule has 196 valence electrons. The van der Waals surface area contributed by atoms with Gasteiger partial charge in [-0.2, -0.15) is 9.97 Å². The molecule has 2 aromatic heterocycles. The molecule has 1 unspecified atom stereocenters. The van der Waals surface area contributed by atoms with Crippen LogP contribution in [-0.2, 0) is 16.1 Å². The zero-order valence-corrected chi connectivity index (χ0v) is 19.3. The molecule has 1 atom stereocenters. The zero-order valence-electron chi connectivity index (χ0n) is 19.3. The van der Waals surface area contributed by atoms with Gasteiger partial charge < -0.3 is 37.1 Å². The molecule has 0 bridgehead atoms. The fraction of sp³-hybridized carbons (Fsp3) is 0.250. The molecule has 1 aromatic carbocycles. The maximum atomic E-state index is 12.4. The third kappa shape index (κ3) is 8.42. The van der Waals surface area contributed by atoms with E-state index in [0.29, 0.717) is 23.4 Å². The maximum absolute atomic E-state index is 12.4. The average molecular weight is 517 g/mol. The molecule has 0 aliphatic carbocycles. The number of anilines is 3. The first-order chi connectivity index (χ1) is 17.4. The molecule has 17 heteroatoms. The van der Waals surface area contributed by atoms with Gasteiger partial charge in [0.2, 0.25) is 5.95 Å². The highest BCUT2D eigenvalue weighted by Gasteiger charge is 2.21. The Hall–Kier alpha value is -5.35. The molecule has 3 rings (SSSR count). The van der Waals surface area contributed by atoms with E-state index < -0.39 is 29.0 Å². The summed E-state index contributed by atoms with van der Waals surface area (Å²) in [6.07, 6.45) is 0.964. The fourth-order valence-electron chi connectivity index (χ4n) is 3.03. The summed E-state index contributed by atoms with van der Waals surface area (Å²) in [6, 6.07) is 5.16. The van der Waals surface area contributed by atoms with Gasteiger partial charge in [0.15, 0.2) is 17.0 Å². The minimum Gasteiger partial charge on any atom is -0.481 e. The van der Waals surface area contributed by atoms with Crippen LogP contribution in [0.1, 0.15) is 28.9 Å². The lowest BCUT2D eigenvalue weighted by Crippen LogP contribution is -2.41.